The van der Waals surface area contributed by atoms with E-state index >= 15 is 0 Å². The lowest BCUT2D eigenvalue weighted by atomic mass is 9.95. The van der Waals surface area contributed by atoms with Crippen LogP contribution in [-0.2, 0) is 76.0 Å². The molecule has 0 saturated carbocycles. The molecule has 0 amide bonds. The van der Waals surface area contributed by atoms with Crippen LogP contribution in [0.25, 0.3) is 0 Å². The number of unbranched alkanes of at least 4 members (excludes halogenated alkanes) is 10. The van der Waals surface area contributed by atoms with Gasteiger partial charge in [-0.15, -0.1) is 0 Å². The lowest BCUT2D eigenvalue weighted by Crippen LogP contribution is -2.68. The standard InChI is InChI=1S/C63H110O24/c1-10-13-15-16-17-18-21-24-28-32-41(64)81-51-37(7)77-60(49(72)47(51)70)85-53-39(9)79-63(57(83-58(74)34(4)12-3)56(53)87-59-48(71)45(68)43(66)35(5)75-59)84-52-38(8)78-62-55(50(52)73)82-42(65)33-29-25-22-19-20-23-27-31-40(30-26-14-11-2)80-61-54(86-62)46(69)44(67)36(6)76-61/h34-40,43-57,59-63,66-73H,10-33H2,1-9H3/t34-,35-,36+,37-,38-,39-,40?,43-,44-,45+,46-,47-,48+,49+,50+,51-,52-,53-,54+,55+,56+,57+,59-,60-,61-,62-,63-/m0/s1. The molecule has 1 unspecified atom stereocenters. The van der Waals surface area contributed by atoms with Gasteiger partial charge in [-0.25, -0.2) is 0 Å². The van der Waals surface area contributed by atoms with E-state index in [0.717, 1.165) is 89.9 Å². The average Bonchev–Trinajstić information content (AvgIpc) is 1.41. The summed E-state index contributed by atoms with van der Waals surface area (Å²) < 4.78 is 82.2. The number of fused-ring (bicyclic) bond motifs is 2. The molecule has 24 heteroatoms. The fourth-order valence-corrected chi connectivity index (χ4v) is 12.3. The summed E-state index contributed by atoms with van der Waals surface area (Å²) in [6.45, 7) is 15.3. The molecule has 6 aliphatic heterocycles. The Balaban J connectivity index is 1.28. The molecule has 6 rings (SSSR count). The summed E-state index contributed by atoms with van der Waals surface area (Å²) in [5.74, 6) is -2.80. The zero-order valence-electron chi connectivity index (χ0n) is 53.2. The lowest BCUT2D eigenvalue weighted by molar-refractivity contribution is -0.399. The van der Waals surface area contributed by atoms with Gasteiger partial charge in [0, 0.05) is 12.8 Å². The topological polar surface area (TPSA) is 333 Å². The van der Waals surface area contributed by atoms with Gasteiger partial charge in [-0.1, -0.05) is 137 Å². The van der Waals surface area contributed by atoms with Crippen molar-refractivity contribution >= 4 is 17.9 Å². The molecule has 6 aliphatic rings. The number of carbonyl (C=O) groups excluding carboxylic acids is 3. The number of hydrogen-bond donors (Lipinski definition) is 8. The smallest absolute Gasteiger partial charge is 0.309 e. The van der Waals surface area contributed by atoms with E-state index < -0.39 is 177 Å². The Hall–Kier alpha value is -2.31. The summed E-state index contributed by atoms with van der Waals surface area (Å²) >= 11 is 0. The number of hydrogen-bond acceptors (Lipinski definition) is 24. The number of carbonyl (C=O) groups is 3. The van der Waals surface area contributed by atoms with E-state index in [2.05, 4.69) is 13.8 Å². The van der Waals surface area contributed by atoms with Gasteiger partial charge in [0.1, 0.15) is 73.2 Å². The molecular weight excluding hydrogens is 1140 g/mol. The monoisotopic (exact) mass is 1250 g/mol. The molecule has 8 N–H and O–H groups in total. The Morgan fingerprint density at radius 1 is 0.460 bits per heavy atom. The number of aliphatic hydroxyl groups excluding tert-OH is 8. The Morgan fingerprint density at radius 3 is 1.63 bits per heavy atom. The van der Waals surface area contributed by atoms with Crippen LogP contribution in [0.3, 0.4) is 0 Å². The highest BCUT2D eigenvalue weighted by Crippen LogP contribution is 2.39. The number of rotatable bonds is 24. The Labute approximate surface area is 515 Å². The maximum atomic E-state index is 14.1. The fraction of sp³-hybridized carbons (Fsp3) is 0.952. The zero-order chi connectivity index (χ0) is 63.5. The Morgan fingerprint density at radius 2 is 0.966 bits per heavy atom. The number of aliphatic hydroxyl groups is 8. The largest absolute Gasteiger partial charge is 0.457 e. The molecule has 0 aromatic carbocycles. The third-order valence-corrected chi connectivity index (χ3v) is 18.2. The van der Waals surface area contributed by atoms with Gasteiger partial charge in [-0.05, 0) is 66.7 Å². The summed E-state index contributed by atoms with van der Waals surface area (Å²) in [5, 5.41) is 91.9. The van der Waals surface area contributed by atoms with Gasteiger partial charge < -0.3 is 102 Å². The Kier molecular flexibility index (Phi) is 31.2. The summed E-state index contributed by atoms with van der Waals surface area (Å²) in [5.41, 5.74) is 0. The maximum absolute atomic E-state index is 14.1. The summed E-state index contributed by atoms with van der Waals surface area (Å²) in [4.78, 5) is 41.1. The summed E-state index contributed by atoms with van der Waals surface area (Å²) in [6, 6.07) is 0. The molecular formula is C63H110O24. The summed E-state index contributed by atoms with van der Waals surface area (Å²) in [7, 11) is 0. The quantitative estimate of drug-likeness (QED) is 0.0344. The van der Waals surface area contributed by atoms with Crippen molar-refractivity contribution in [2.75, 3.05) is 0 Å². The van der Waals surface area contributed by atoms with Crippen LogP contribution >= 0.6 is 0 Å². The molecule has 0 radical (unpaired) electrons. The van der Waals surface area contributed by atoms with Crippen molar-refractivity contribution in [3.05, 3.63) is 0 Å². The van der Waals surface area contributed by atoms with E-state index in [0.29, 0.717) is 25.7 Å². The minimum atomic E-state index is -1.91. The molecule has 0 spiro atoms. The highest BCUT2D eigenvalue weighted by Gasteiger charge is 2.58. The molecule has 24 nitrogen and oxygen atoms in total. The van der Waals surface area contributed by atoms with Gasteiger partial charge >= 0.3 is 17.9 Å². The molecule has 87 heavy (non-hydrogen) atoms. The molecule has 0 aromatic rings. The van der Waals surface area contributed by atoms with Gasteiger partial charge in [0.25, 0.3) is 0 Å². The second-order valence-corrected chi connectivity index (χ2v) is 25.3. The van der Waals surface area contributed by atoms with Crippen LogP contribution in [0.15, 0.2) is 0 Å². The highest BCUT2D eigenvalue weighted by molar-refractivity contribution is 5.72. The second kappa shape index (κ2) is 36.8. The Bertz CT molecular complexity index is 1990. The van der Waals surface area contributed by atoms with E-state index in [1.54, 1.807) is 20.8 Å². The zero-order valence-corrected chi connectivity index (χ0v) is 53.2. The van der Waals surface area contributed by atoms with E-state index in [4.69, 9.17) is 61.6 Å². The van der Waals surface area contributed by atoms with E-state index in [9.17, 15) is 55.2 Å². The molecule has 0 bridgehead atoms. The van der Waals surface area contributed by atoms with Crippen LogP contribution in [-0.4, -0.2) is 218 Å². The first-order valence-electron chi connectivity index (χ1n) is 33.2. The summed E-state index contributed by atoms with van der Waals surface area (Å²) in [6.07, 6.45) is -18.2. The lowest BCUT2D eigenvalue weighted by Gasteiger charge is -2.51. The normalized spacial score (nSPS) is 41.6. The third-order valence-electron chi connectivity index (χ3n) is 18.2. The second-order valence-electron chi connectivity index (χ2n) is 25.3. The maximum Gasteiger partial charge on any atom is 0.309 e. The fourth-order valence-electron chi connectivity index (χ4n) is 12.3. The molecule has 27 atom stereocenters. The van der Waals surface area contributed by atoms with Gasteiger partial charge in [0.2, 0.25) is 0 Å². The van der Waals surface area contributed by atoms with Crippen molar-refractivity contribution in [1.82, 2.24) is 0 Å². The van der Waals surface area contributed by atoms with E-state index in [1.807, 2.05) is 0 Å². The SMILES string of the molecule is CCCCCCCCCCCC(=O)O[C@@H]1[C@@H](O)[C@@H](O)[C@H](O[C@@H]2[C@@H](O[C@@H]3O[C@@H](C)[C@H](O)[C@@H](O)[C@H]3O)[C@@H](OC(=O)[C@@H](C)CC)[C@H](O[C@@H]3[C@@H](O)[C@H]4OC(=O)CCCCCCCCCC(CCCCC)O[C@@H]5O[C@H](C)[C@H](O)[C@H](O)[C@H]5O[C@@H]4O[C@H]3C)O[C@H]2C)O[C@H]1C. The highest BCUT2D eigenvalue weighted by atomic mass is 16.8. The number of ether oxygens (including phenoxy) is 13. The van der Waals surface area contributed by atoms with Gasteiger partial charge in [-0.2, -0.15) is 0 Å². The molecule has 6 heterocycles. The van der Waals surface area contributed by atoms with Gasteiger partial charge in [0.15, 0.2) is 49.8 Å². The first-order valence-corrected chi connectivity index (χ1v) is 33.2. The van der Waals surface area contributed by atoms with Crippen molar-refractivity contribution in [2.45, 2.75) is 376 Å². The third kappa shape index (κ3) is 20.8. The van der Waals surface area contributed by atoms with E-state index in [-0.39, 0.29) is 18.9 Å². The number of esters is 3. The first-order chi connectivity index (χ1) is 41.6. The molecule has 506 valence electrons. The van der Waals surface area contributed by atoms with Crippen LogP contribution in [0.4, 0.5) is 0 Å². The molecule has 6 saturated heterocycles. The van der Waals surface area contributed by atoms with Crippen LogP contribution in [0, 0.1) is 5.92 Å². The van der Waals surface area contributed by atoms with Crippen molar-refractivity contribution in [3.8, 4) is 0 Å². The van der Waals surface area contributed by atoms with E-state index in [1.165, 1.54) is 53.4 Å². The predicted molar refractivity (Wildman–Crippen MR) is 311 cm³/mol. The average molecular weight is 1250 g/mol. The minimum absolute atomic E-state index is 0.0231. The van der Waals surface area contributed by atoms with Crippen LogP contribution in [0.1, 0.15) is 216 Å². The van der Waals surface area contributed by atoms with Crippen molar-refractivity contribution in [3.63, 3.8) is 0 Å². The molecule has 6 fully saturated rings. The first kappa shape index (κ1) is 73.7. The van der Waals surface area contributed by atoms with Gasteiger partial charge in [-0.3, -0.25) is 14.4 Å². The molecule has 0 aromatic heterocycles. The van der Waals surface area contributed by atoms with Gasteiger partial charge in [0.05, 0.1) is 42.5 Å². The molecule has 0 aliphatic carbocycles. The predicted octanol–water partition coefficient (Wildman–Crippen LogP) is 5.33. The van der Waals surface area contributed by atoms with Crippen molar-refractivity contribution in [2.24, 2.45) is 5.92 Å². The minimum Gasteiger partial charge on any atom is -0.457 e. The van der Waals surface area contributed by atoms with Crippen molar-refractivity contribution < 1.29 is 117 Å². The van der Waals surface area contributed by atoms with Crippen LogP contribution in [0.2, 0.25) is 0 Å². The van der Waals surface area contributed by atoms with Crippen LogP contribution in [0.5, 0.6) is 0 Å². The van der Waals surface area contributed by atoms with Crippen LogP contribution < -0.4 is 0 Å². The van der Waals surface area contributed by atoms with Crippen molar-refractivity contribution in [1.29, 1.82) is 0 Å².